The van der Waals surface area contributed by atoms with Crippen LogP contribution in [0, 0.1) is 12.8 Å². The maximum atomic E-state index is 14.0. The van der Waals surface area contributed by atoms with E-state index < -0.39 is 45.7 Å². The largest absolute Gasteiger partial charge is 0.394 e. The number of nitrogens with one attached hydrogen (secondary N) is 3. The van der Waals surface area contributed by atoms with E-state index in [0.29, 0.717) is 35.7 Å². The van der Waals surface area contributed by atoms with Crippen LogP contribution in [0.4, 0.5) is 11.4 Å². The summed E-state index contributed by atoms with van der Waals surface area (Å²) in [6.45, 7) is 2.12. The molecule has 0 aromatic heterocycles. The number of sulfonamides is 1. The first-order chi connectivity index (χ1) is 27.4. The van der Waals surface area contributed by atoms with Crippen LogP contribution in [0.15, 0.2) is 94.7 Å². The van der Waals surface area contributed by atoms with E-state index in [0.717, 1.165) is 32.8 Å². The van der Waals surface area contributed by atoms with Crippen molar-refractivity contribution in [2.75, 3.05) is 29.5 Å². The zero-order valence-electron chi connectivity index (χ0n) is 31.1. The van der Waals surface area contributed by atoms with Gasteiger partial charge in [0.05, 0.1) is 34.7 Å². The molecule has 4 heterocycles. The molecule has 2 fully saturated rings. The summed E-state index contributed by atoms with van der Waals surface area (Å²) in [7, 11) is -3.82. The van der Waals surface area contributed by atoms with Crippen molar-refractivity contribution in [3.8, 4) is 11.1 Å². The normalized spacial score (nSPS) is 21.8. The average molecular weight is 808 g/mol. The first-order valence-electron chi connectivity index (χ1n) is 18.9. The molecule has 0 aliphatic carbocycles. The van der Waals surface area contributed by atoms with Crippen molar-refractivity contribution < 1.29 is 37.5 Å². The molecular formula is C42H41N5O8S2. The number of aliphatic hydroxyl groups excluding tert-OH is 1. The maximum Gasteiger partial charge on any atom is 0.263 e. The fraction of sp³-hybridized carbons (Fsp3) is 0.310. The fourth-order valence-corrected chi connectivity index (χ4v) is 11.0. The molecule has 0 spiro atoms. The van der Waals surface area contributed by atoms with E-state index in [9.17, 15) is 37.5 Å². The van der Waals surface area contributed by atoms with Gasteiger partial charge in [0.1, 0.15) is 6.04 Å². The van der Waals surface area contributed by atoms with Gasteiger partial charge in [0.2, 0.25) is 27.7 Å². The molecule has 2 saturated heterocycles. The Bertz CT molecular complexity index is 2420. The Morgan fingerprint density at radius 2 is 1.70 bits per heavy atom. The maximum absolute atomic E-state index is 14.0. The monoisotopic (exact) mass is 807 g/mol. The van der Waals surface area contributed by atoms with Crippen molar-refractivity contribution in [1.29, 1.82) is 0 Å². The number of rotatable bonds is 11. The summed E-state index contributed by atoms with van der Waals surface area (Å²) in [4.78, 5) is 65.5. The number of piperidine rings is 1. The summed E-state index contributed by atoms with van der Waals surface area (Å²) in [5, 5.41) is 18.9. The van der Waals surface area contributed by atoms with Gasteiger partial charge < -0.3 is 15.7 Å². The van der Waals surface area contributed by atoms with Crippen LogP contribution in [0.3, 0.4) is 0 Å². The number of carbonyl (C=O) groups excluding carboxylic acids is 5. The first-order valence-corrected chi connectivity index (χ1v) is 21.3. The second kappa shape index (κ2) is 15.5. The molecule has 4 N–H and O–H groups in total. The van der Waals surface area contributed by atoms with E-state index in [2.05, 4.69) is 16.0 Å². The Morgan fingerprint density at radius 1 is 0.930 bits per heavy atom. The Balaban J connectivity index is 0.925. The number of hydrogen-bond acceptors (Lipinski definition) is 10. The Labute approximate surface area is 334 Å². The lowest BCUT2D eigenvalue weighted by Gasteiger charge is -2.39. The smallest absolute Gasteiger partial charge is 0.263 e. The summed E-state index contributed by atoms with van der Waals surface area (Å²) in [6.07, 6.45) is 1.40. The number of thioether (sulfide) groups is 1. The molecule has 1 unspecified atom stereocenters. The van der Waals surface area contributed by atoms with Gasteiger partial charge in [-0.05, 0) is 97.2 Å². The van der Waals surface area contributed by atoms with Crippen LogP contribution in [0.25, 0.3) is 11.1 Å². The number of benzene rings is 4. The third kappa shape index (κ3) is 7.24. The standard InChI is InChI=1S/C42H41N5O8S2/c1-24-10-13-28(14-11-24)57(54,55)46-19-18-29-33(23-48)44-32-15-12-26(22-31(32)39(29)46)25-5-2-6-27(21-25)43-36(49)9-4-20-56-35-8-3-7-30-38(35)42(53)47(41(30)52)34-16-17-37(50)45-40(34)51/h2-3,5-8,10-15,21-22,29,33-34,39,44,48H,4,9,16-20,23H2,1H3,(H,43,49)(H,45,50,51)/t29-,33+,34?,39-/m1/s1. The van der Waals surface area contributed by atoms with Crippen LogP contribution < -0.4 is 16.0 Å². The summed E-state index contributed by atoms with van der Waals surface area (Å²) < 4.78 is 29.5. The minimum atomic E-state index is -3.82. The Hall–Kier alpha value is -5.35. The summed E-state index contributed by atoms with van der Waals surface area (Å²) in [5.74, 6) is -2.06. The third-order valence-electron chi connectivity index (χ3n) is 11.2. The van der Waals surface area contributed by atoms with Crippen molar-refractivity contribution in [2.45, 2.75) is 66.9 Å². The fourth-order valence-electron chi connectivity index (χ4n) is 8.33. The molecule has 294 valence electrons. The van der Waals surface area contributed by atoms with Crippen molar-refractivity contribution in [1.82, 2.24) is 14.5 Å². The lowest BCUT2D eigenvalue weighted by atomic mass is 9.82. The molecule has 13 nitrogen and oxygen atoms in total. The zero-order chi connectivity index (χ0) is 40.0. The van der Waals surface area contributed by atoms with E-state index in [1.807, 2.05) is 43.3 Å². The van der Waals surface area contributed by atoms with E-state index in [4.69, 9.17) is 0 Å². The second-order valence-electron chi connectivity index (χ2n) is 14.8. The summed E-state index contributed by atoms with van der Waals surface area (Å²) in [6, 6.07) is 23.3. The number of imide groups is 2. The topological polar surface area (TPSA) is 182 Å². The summed E-state index contributed by atoms with van der Waals surface area (Å²) >= 11 is 1.35. The van der Waals surface area contributed by atoms with Crippen LogP contribution in [0.2, 0.25) is 0 Å². The van der Waals surface area contributed by atoms with E-state index in [-0.39, 0.29) is 59.8 Å². The van der Waals surface area contributed by atoms with Crippen LogP contribution in [0.1, 0.15) is 70.0 Å². The first kappa shape index (κ1) is 38.5. The third-order valence-corrected chi connectivity index (χ3v) is 14.2. The minimum Gasteiger partial charge on any atom is -0.394 e. The van der Waals surface area contributed by atoms with Crippen molar-refractivity contribution in [3.63, 3.8) is 0 Å². The van der Waals surface area contributed by atoms with Gasteiger partial charge in [-0.15, -0.1) is 11.8 Å². The SMILES string of the molecule is Cc1ccc(S(=O)(=O)N2CC[C@@H]3[C@H](CO)Nc4ccc(-c5cccc(NC(=O)CCCSc6cccc7c6C(=O)N(C6CCC(=O)NC6=O)C7=O)c5)cc4[C@@H]32)cc1. The molecular weight excluding hydrogens is 767 g/mol. The average Bonchev–Trinajstić information content (AvgIpc) is 3.77. The lowest BCUT2D eigenvalue weighted by Crippen LogP contribution is -2.54. The van der Waals surface area contributed by atoms with Crippen molar-refractivity contribution in [3.05, 3.63) is 107 Å². The van der Waals surface area contributed by atoms with E-state index >= 15 is 0 Å². The number of aliphatic hydroxyl groups is 1. The molecule has 4 aliphatic heterocycles. The number of fused-ring (bicyclic) bond motifs is 4. The number of amides is 5. The lowest BCUT2D eigenvalue weighted by molar-refractivity contribution is -0.136. The quantitative estimate of drug-likeness (QED) is 0.0903. The summed E-state index contributed by atoms with van der Waals surface area (Å²) in [5.41, 5.74) is 5.30. The molecule has 0 radical (unpaired) electrons. The van der Waals surface area contributed by atoms with Gasteiger partial charge in [-0.1, -0.05) is 42.0 Å². The van der Waals surface area contributed by atoms with E-state index in [1.165, 1.54) is 11.8 Å². The Kier molecular flexibility index (Phi) is 10.5. The number of aryl methyl sites for hydroxylation is 1. The number of anilines is 2. The van der Waals surface area contributed by atoms with Gasteiger partial charge in [-0.2, -0.15) is 4.31 Å². The molecule has 5 amide bonds. The molecule has 4 aromatic carbocycles. The van der Waals surface area contributed by atoms with Gasteiger partial charge in [0.15, 0.2) is 0 Å². The Morgan fingerprint density at radius 3 is 2.47 bits per heavy atom. The van der Waals surface area contributed by atoms with Crippen molar-refractivity contribution >= 4 is 62.7 Å². The van der Waals surface area contributed by atoms with Gasteiger partial charge in [0, 0.05) is 41.6 Å². The highest BCUT2D eigenvalue weighted by atomic mass is 32.2. The molecule has 15 heteroatoms. The highest BCUT2D eigenvalue weighted by Gasteiger charge is 2.49. The molecule has 8 rings (SSSR count). The molecule has 57 heavy (non-hydrogen) atoms. The van der Waals surface area contributed by atoms with Gasteiger partial charge in [-0.3, -0.25) is 34.2 Å². The molecule has 4 aromatic rings. The number of nitrogens with zero attached hydrogens (tertiary/aromatic N) is 2. The van der Waals surface area contributed by atoms with Crippen molar-refractivity contribution in [2.24, 2.45) is 5.92 Å². The zero-order valence-corrected chi connectivity index (χ0v) is 32.7. The van der Waals surface area contributed by atoms with Crippen LogP contribution in [0.5, 0.6) is 0 Å². The highest BCUT2D eigenvalue weighted by molar-refractivity contribution is 7.99. The van der Waals surface area contributed by atoms with Gasteiger partial charge in [0.25, 0.3) is 11.8 Å². The number of carbonyl (C=O) groups is 5. The minimum absolute atomic E-state index is 0.0410. The predicted octanol–water partition coefficient (Wildman–Crippen LogP) is 5.11. The predicted molar refractivity (Wildman–Crippen MR) is 214 cm³/mol. The molecule has 0 bridgehead atoms. The molecule has 0 saturated carbocycles. The van der Waals surface area contributed by atoms with Gasteiger partial charge in [-0.25, -0.2) is 8.42 Å². The number of hydrogen-bond donors (Lipinski definition) is 4. The van der Waals surface area contributed by atoms with Gasteiger partial charge >= 0.3 is 0 Å². The highest BCUT2D eigenvalue weighted by Crippen LogP contribution is 2.49. The molecule has 4 atom stereocenters. The van der Waals surface area contributed by atoms with Crippen LogP contribution in [-0.4, -0.2) is 83.3 Å². The van der Waals surface area contributed by atoms with E-state index in [1.54, 1.807) is 52.8 Å². The van der Waals surface area contributed by atoms with Crippen LogP contribution in [-0.2, 0) is 24.4 Å². The van der Waals surface area contributed by atoms with Crippen LogP contribution >= 0.6 is 11.8 Å². The second-order valence-corrected chi connectivity index (χ2v) is 17.8. The molecule has 4 aliphatic rings.